The topological polar surface area (TPSA) is 149 Å². The van der Waals surface area contributed by atoms with E-state index in [1.54, 1.807) is 18.2 Å². The summed E-state index contributed by atoms with van der Waals surface area (Å²) in [7, 11) is 0. The van der Waals surface area contributed by atoms with E-state index < -0.39 is 11.9 Å². The number of hydrogen-bond donors (Lipinski definition) is 3. The van der Waals surface area contributed by atoms with Crippen molar-refractivity contribution in [2.75, 3.05) is 51.5 Å². The van der Waals surface area contributed by atoms with Gasteiger partial charge in [-0.1, -0.05) is 12.5 Å². The molecule has 1 aliphatic carbocycles. The Balaban J connectivity index is 1.26. The lowest BCUT2D eigenvalue weighted by atomic mass is 9.70. The summed E-state index contributed by atoms with van der Waals surface area (Å²) >= 11 is 0. The Labute approximate surface area is 210 Å². The number of rotatable bonds is 13. The maximum Gasteiger partial charge on any atom is 0.255 e. The smallest absolute Gasteiger partial charge is 0.255 e. The average molecular weight is 503 g/mol. The molecule has 0 aromatic heterocycles. The van der Waals surface area contributed by atoms with Gasteiger partial charge in [-0.15, -0.1) is 0 Å². The van der Waals surface area contributed by atoms with Crippen molar-refractivity contribution in [3.63, 3.8) is 0 Å². The van der Waals surface area contributed by atoms with Crippen LogP contribution in [0.2, 0.25) is 0 Å². The number of anilines is 1. The van der Waals surface area contributed by atoms with Gasteiger partial charge in [0.2, 0.25) is 17.7 Å². The SMILES string of the molecule is NCCOCCOCC1(COCC(=O)Nc2cccc3c2CN(C2CCC(=O)NC2=O)C3=O)CCC1. The van der Waals surface area contributed by atoms with Gasteiger partial charge in [0.05, 0.1) is 33.0 Å². The number of hydrogen-bond acceptors (Lipinski definition) is 8. The summed E-state index contributed by atoms with van der Waals surface area (Å²) in [6.07, 6.45) is 3.56. The van der Waals surface area contributed by atoms with Crippen molar-refractivity contribution in [2.45, 2.75) is 44.7 Å². The molecule has 1 saturated heterocycles. The molecule has 0 spiro atoms. The van der Waals surface area contributed by atoms with Crippen LogP contribution >= 0.6 is 0 Å². The zero-order chi connectivity index (χ0) is 25.5. The molecule has 0 bridgehead atoms. The Hall–Kier alpha value is -2.86. The van der Waals surface area contributed by atoms with Gasteiger partial charge in [-0.25, -0.2) is 0 Å². The Morgan fingerprint density at radius 2 is 1.89 bits per heavy atom. The molecule has 2 fully saturated rings. The molecule has 4 rings (SSSR count). The number of nitrogens with zero attached hydrogens (tertiary/aromatic N) is 1. The number of nitrogens with one attached hydrogen (secondary N) is 2. The van der Waals surface area contributed by atoms with E-state index >= 15 is 0 Å². The number of benzene rings is 1. The van der Waals surface area contributed by atoms with Gasteiger partial charge in [-0.3, -0.25) is 24.5 Å². The number of nitrogens with two attached hydrogens (primary N) is 1. The predicted octanol–water partition coefficient (Wildman–Crippen LogP) is 0.565. The molecule has 1 unspecified atom stereocenters. The normalized spacial score (nSPS) is 20.6. The van der Waals surface area contributed by atoms with E-state index in [1.807, 2.05) is 0 Å². The number of carbonyl (C=O) groups excluding carboxylic acids is 4. The molecule has 1 aromatic rings. The third-order valence-electron chi connectivity index (χ3n) is 6.95. The van der Waals surface area contributed by atoms with Gasteiger partial charge in [0.15, 0.2) is 0 Å². The number of carbonyl (C=O) groups is 4. The molecule has 4 N–H and O–H groups in total. The number of piperidine rings is 1. The molecule has 3 aliphatic rings. The first kappa shape index (κ1) is 26.2. The first-order valence-corrected chi connectivity index (χ1v) is 12.4. The molecule has 11 heteroatoms. The molecule has 1 aromatic carbocycles. The largest absolute Gasteiger partial charge is 0.378 e. The van der Waals surface area contributed by atoms with Crippen LogP contribution in [0.5, 0.6) is 0 Å². The molecular formula is C25H34N4O7. The highest BCUT2D eigenvalue weighted by molar-refractivity contribution is 6.06. The molecule has 36 heavy (non-hydrogen) atoms. The van der Waals surface area contributed by atoms with Crippen LogP contribution in [0.4, 0.5) is 5.69 Å². The molecule has 196 valence electrons. The Morgan fingerprint density at radius 3 is 2.61 bits per heavy atom. The van der Waals surface area contributed by atoms with Crippen LogP contribution in [0, 0.1) is 5.41 Å². The zero-order valence-electron chi connectivity index (χ0n) is 20.4. The second kappa shape index (κ2) is 11.9. The number of imide groups is 1. The standard InChI is InChI=1S/C25H34N4O7/c26-9-10-34-11-12-35-15-25(7-2-8-25)16-36-14-22(31)27-19-4-1-3-17-18(19)13-29(24(17)33)20-5-6-21(30)28-23(20)32/h1,3-4,20H,2,5-16,26H2,(H,27,31)(H,28,30,32). The summed E-state index contributed by atoms with van der Waals surface area (Å²) in [5, 5.41) is 5.13. The van der Waals surface area contributed by atoms with Crippen molar-refractivity contribution >= 4 is 29.3 Å². The maximum atomic E-state index is 12.9. The molecule has 1 saturated carbocycles. The summed E-state index contributed by atoms with van der Waals surface area (Å²) in [6.45, 7) is 3.06. The van der Waals surface area contributed by atoms with Gasteiger partial charge in [0.25, 0.3) is 5.91 Å². The second-order valence-corrected chi connectivity index (χ2v) is 9.58. The van der Waals surface area contributed by atoms with Gasteiger partial charge >= 0.3 is 0 Å². The van der Waals surface area contributed by atoms with Gasteiger partial charge in [-0.2, -0.15) is 0 Å². The van der Waals surface area contributed by atoms with E-state index in [0.717, 1.165) is 19.3 Å². The second-order valence-electron chi connectivity index (χ2n) is 9.58. The van der Waals surface area contributed by atoms with Crippen molar-refractivity contribution in [3.05, 3.63) is 29.3 Å². The average Bonchev–Trinajstić information content (AvgIpc) is 3.16. The summed E-state index contributed by atoms with van der Waals surface area (Å²) in [6, 6.07) is 4.39. The first-order valence-electron chi connectivity index (χ1n) is 12.4. The molecule has 1 atom stereocenters. The number of amides is 4. The van der Waals surface area contributed by atoms with E-state index in [1.165, 1.54) is 4.90 Å². The Bertz CT molecular complexity index is 995. The fraction of sp³-hybridized carbons (Fsp3) is 0.600. The minimum absolute atomic E-state index is 0.0724. The van der Waals surface area contributed by atoms with Crippen molar-refractivity contribution < 1.29 is 33.4 Å². The van der Waals surface area contributed by atoms with Crippen molar-refractivity contribution in [2.24, 2.45) is 11.1 Å². The quantitative estimate of drug-likeness (QED) is 0.262. The lowest BCUT2D eigenvalue weighted by Gasteiger charge is -2.41. The van der Waals surface area contributed by atoms with Crippen LogP contribution in [-0.2, 0) is 35.1 Å². The molecule has 2 heterocycles. The number of ether oxygens (including phenoxy) is 3. The van der Waals surface area contributed by atoms with Crippen LogP contribution in [0.3, 0.4) is 0 Å². The minimum Gasteiger partial charge on any atom is -0.378 e. The predicted molar refractivity (Wildman–Crippen MR) is 129 cm³/mol. The van der Waals surface area contributed by atoms with Gasteiger partial charge in [-0.05, 0) is 31.4 Å². The monoisotopic (exact) mass is 502 g/mol. The van der Waals surface area contributed by atoms with Crippen LogP contribution in [0.15, 0.2) is 18.2 Å². The van der Waals surface area contributed by atoms with E-state index in [-0.39, 0.29) is 49.1 Å². The van der Waals surface area contributed by atoms with Crippen molar-refractivity contribution in [1.29, 1.82) is 0 Å². The third-order valence-corrected chi connectivity index (χ3v) is 6.95. The fourth-order valence-electron chi connectivity index (χ4n) is 4.85. The first-order chi connectivity index (χ1) is 17.4. The summed E-state index contributed by atoms with van der Waals surface area (Å²) in [5.41, 5.74) is 6.94. The van der Waals surface area contributed by atoms with Crippen LogP contribution in [0.1, 0.15) is 48.0 Å². The van der Waals surface area contributed by atoms with Crippen LogP contribution in [-0.4, -0.2) is 80.8 Å². The molecule has 0 radical (unpaired) electrons. The highest BCUT2D eigenvalue weighted by Crippen LogP contribution is 2.41. The maximum absolute atomic E-state index is 12.9. The lowest BCUT2D eigenvalue weighted by Crippen LogP contribution is -2.52. The summed E-state index contributed by atoms with van der Waals surface area (Å²) < 4.78 is 16.8. The van der Waals surface area contributed by atoms with Gasteiger partial charge < -0.3 is 30.2 Å². The molecule has 4 amide bonds. The molecular weight excluding hydrogens is 468 g/mol. The van der Waals surface area contributed by atoms with E-state index in [2.05, 4.69) is 10.6 Å². The molecule has 11 nitrogen and oxygen atoms in total. The Kier molecular flexibility index (Phi) is 8.68. The Morgan fingerprint density at radius 1 is 1.11 bits per heavy atom. The number of fused-ring (bicyclic) bond motifs is 1. The van der Waals surface area contributed by atoms with E-state index in [9.17, 15) is 19.2 Å². The highest BCUT2D eigenvalue weighted by Gasteiger charge is 2.40. The van der Waals surface area contributed by atoms with Gasteiger partial charge in [0.1, 0.15) is 12.6 Å². The van der Waals surface area contributed by atoms with Crippen LogP contribution in [0.25, 0.3) is 0 Å². The highest BCUT2D eigenvalue weighted by atomic mass is 16.5. The minimum atomic E-state index is -0.706. The van der Waals surface area contributed by atoms with E-state index in [0.29, 0.717) is 56.4 Å². The lowest BCUT2D eigenvalue weighted by molar-refractivity contribution is -0.137. The van der Waals surface area contributed by atoms with Crippen molar-refractivity contribution in [3.8, 4) is 0 Å². The van der Waals surface area contributed by atoms with Gasteiger partial charge in [0, 0.05) is 41.7 Å². The summed E-state index contributed by atoms with van der Waals surface area (Å²) in [5.74, 6) is -1.41. The summed E-state index contributed by atoms with van der Waals surface area (Å²) in [4.78, 5) is 50.8. The fourth-order valence-corrected chi connectivity index (χ4v) is 4.85. The van der Waals surface area contributed by atoms with Crippen molar-refractivity contribution in [1.82, 2.24) is 10.2 Å². The third kappa shape index (κ3) is 6.09. The van der Waals surface area contributed by atoms with E-state index in [4.69, 9.17) is 19.9 Å². The zero-order valence-corrected chi connectivity index (χ0v) is 20.4. The van der Waals surface area contributed by atoms with Crippen LogP contribution < -0.4 is 16.4 Å². The molecule has 2 aliphatic heterocycles.